The molecule has 2 heterocycles. The Hall–Kier alpha value is -3.99. The van der Waals surface area contributed by atoms with Gasteiger partial charge in [0.1, 0.15) is 0 Å². The van der Waals surface area contributed by atoms with Gasteiger partial charge in [0, 0.05) is 10.6 Å². The van der Waals surface area contributed by atoms with E-state index in [0.29, 0.717) is 17.9 Å². The monoisotopic (exact) mass is 476 g/mol. The number of nitrogens with two attached hydrogens (primary N) is 1. The number of aryl methyl sites for hydroxylation is 2. The van der Waals surface area contributed by atoms with E-state index >= 15 is 0 Å². The fourth-order valence-electron chi connectivity index (χ4n) is 3.17. The second-order valence-corrected chi connectivity index (χ2v) is 8.64. The smallest absolute Gasteiger partial charge is 0.293 e. The van der Waals surface area contributed by atoms with Crippen molar-refractivity contribution in [3.63, 3.8) is 0 Å². The summed E-state index contributed by atoms with van der Waals surface area (Å²) in [5.41, 5.74) is 13.1. The van der Waals surface area contributed by atoms with Crippen LogP contribution in [0.4, 0.5) is 5.82 Å². The van der Waals surface area contributed by atoms with Gasteiger partial charge in [-0.25, -0.2) is 10.1 Å². The highest BCUT2D eigenvalue weighted by Crippen LogP contribution is 2.26. The molecular weight excluding hydrogens is 452 g/mol. The van der Waals surface area contributed by atoms with Gasteiger partial charge in [-0.1, -0.05) is 59.7 Å². The molecule has 0 bridgehead atoms. The minimum absolute atomic E-state index is 0.0455. The van der Waals surface area contributed by atoms with Crippen LogP contribution in [0.2, 0.25) is 0 Å². The van der Waals surface area contributed by atoms with E-state index in [1.165, 1.54) is 16.4 Å². The van der Waals surface area contributed by atoms with Crippen molar-refractivity contribution in [3.05, 3.63) is 76.6 Å². The molecule has 0 unspecified atom stereocenters. The highest BCUT2D eigenvalue weighted by Gasteiger charge is 2.24. The van der Waals surface area contributed by atoms with Gasteiger partial charge in [-0.2, -0.15) is 9.78 Å². The molecule has 0 saturated carbocycles. The maximum atomic E-state index is 13.1. The highest BCUT2D eigenvalue weighted by atomic mass is 32.2. The van der Waals surface area contributed by atoms with E-state index in [-0.39, 0.29) is 17.3 Å². The number of nitrogen functional groups attached to an aromatic ring is 1. The summed E-state index contributed by atoms with van der Waals surface area (Å²) in [6.07, 6.45) is 0.646. The van der Waals surface area contributed by atoms with Gasteiger partial charge in [-0.15, -0.1) is 16.9 Å². The second kappa shape index (κ2) is 10.3. The van der Waals surface area contributed by atoms with Crippen molar-refractivity contribution in [3.8, 4) is 5.82 Å². The molecule has 4 rings (SSSR count). The van der Waals surface area contributed by atoms with Gasteiger partial charge in [-0.3, -0.25) is 4.79 Å². The van der Waals surface area contributed by atoms with Crippen LogP contribution in [-0.2, 0) is 5.75 Å². The van der Waals surface area contributed by atoms with Crippen LogP contribution in [0.3, 0.4) is 0 Å². The molecule has 174 valence electrons. The molecule has 34 heavy (non-hydrogen) atoms. The number of carbonyl (C=O) groups is 1. The Morgan fingerprint density at radius 1 is 1.09 bits per heavy atom. The van der Waals surface area contributed by atoms with Gasteiger partial charge in [0.15, 0.2) is 5.69 Å². The molecule has 0 spiro atoms. The lowest BCUT2D eigenvalue weighted by atomic mass is 10.1. The van der Waals surface area contributed by atoms with Crippen LogP contribution < -0.4 is 11.2 Å². The zero-order chi connectivity index (χ0) is 24.1. The molecule has 3 N–H and O–H groups in total. The number of amides is 1. The van der Waals surface area contributed by atoms with E-state index in [1.807, 2.05) is 69.3 Å². The van der Waals surface area contributed by atoms with Crippen LogP contribution in [0.5, 0.6) is 0 Å². The van der Waals surface area contributed by atoms with Crippen LogP contribution in [0, 0.1) is 13.8 Å². The van der Waals surface area contributed by atoms with Crippen LogP contribution in [0.25, 0.3) is 5.82 Å². The zero-order valence-electron chi connectivity index (χ0n) is 19.0. The first-order valence-electron chi connectivity index (χ1n) is 10.6. The molecule has 1 amide bonds. The molecule has 0 saturated heterocycles. The molecule has 4 aromatic rings. The number of anilines is 1. The van der Waals surface area contributed by atoms with E-state index in [2.05, 4.69) is 31.2 Å². The third-order valence-corrected chi connectivity index (χ3v) is 6.11. The number of hydrazone groups is 1. The number of thioether (sulfide) groups is 1. The lowest BCUT2D eigenvalue weighted by Gasteiger charge is -2.07. The Bertz CT molecular complexity index is 1310. The van der Waals surface area contributed by atoms with Crippen molar-refractivity contribution in [2.24, 2.45) is 5.10 Å². The second-order valence-electron chi connectivity index (χ2n) is 7.59. The summed E-state index contributed by atoms with van der Waals surface area (Å²) < 4.78 is 6.08. The number of rotatable bonds is 8. The molecule has 10 nitrogen and oxygen atoms in total. The number of nitrogens with zero attached hydrogens (tertiary/aromatic N) is 6. The van der Waals surface area contributed by atoms with Crippen molar-refractivity contribution < 1.29 is 9.42 Å². The van der Waals surface area contributed by atoms with E-state index in [1.54, 1.807) is 0 Å². The molecule has 0 aliphatic carbocycles. The lowest BCUT2D eigenvalue weighted by molar-refractivity contribution is 0.0949. The fraction of sp³-hybridized carbons (Fsp3) is 0.217. The maximum Gasteiger partial charge on any atom is 0.293 e. The molecule has 0 fully saturated rings. The van der Waals surface area contributed by atoms with Crippen molar-refractivity contribution in [1.82, 2.24) is 30.7 Å². The van der Waals surface area contributed by atoms with Crippen LogP contribution >= 0.6 is 11.8 Å². The topological polar surface area (TPSA) is 137 Å². The van der Waals surface area contributed by atoms with Crippen molar-refractivity contribution in [1.29, 1.82) is 0 Å². The van der Waals surface area contributed by atoms with E-state index < -0.39 is 5.91 Å². The summed E-state index contributed by atoms with van der Waals surface area (Å²) in [5, 5.41) is 19.9. The summed E-state index contributed by atoms with van der Waals surface area (Å²) in [7, 11) is 0. The Morgan fingerprint density at radius 3 is 2.38 bits per heavy atom. The van der Waals surface area contributed by atoms with Crippen molar-refractivity contribution in [2.45, 2.75) is 37.8 Å². The average molecular weight is 477 g/mol. The molecule has 2 aromatic carbocycles. The fourth-order valence-corrected chi connectivity index (χ4v) is 4.06. The first-order valence-corrected chi connectivity index (χ1v) is 11.6. The number of hydrogen-bond acceptors (Lipinski definition) is 9. The molecule has 0 aliphatic rings. The summed E-state index contributed by atoms with van der Waals surface area (Å²) in [4.78, 5) is 14.1. The number of benzene rings is 2. The Balaban J connectivity index is 1.61. The summed E-state index contributed by atoms with van der Waals surface area (Å²) >= 11 is 1.53. The zero-order valence-corrected chi connectivity index (χ0v) is 19.8. The van der Waals surface area contributed by atoms with Crippen molar-refractivity contribution >= 4 is 29.2 Å². The summed E-state index contributed by atoms with van der Waals surface area (Å²) in [5.74, 6) is 0.111. The normalized spacial score (nSPS) is 11.6. The van der Waals surface area contributed by atoms with Gasteiger partial charge in [0.2, 0.25) is 11.6 Å². The Labute approximate surface area is 200 Å². The van der Waals surface area contributed by atoms with Crippen molar-refractivity contribution in [2.75, 3.05) is 5.73 Å². The molecule has 0 radical (unpaired) electrons. The first kappa shape index (κ1) is 23.2. The standard InChI is InChI=1S/C23H24N8O2S/c1-4-18(16-9-5-14(2)6-10-16)25-27-23(32)20-19(13-34-17-11-7-15(3)8-12-17)31(30-26-20)22-21(24)28-33-29-22/h5-12H,4,13H2,1-3H3,(H2,24,28)(H,27,32)/b25-18+. The molecule has 2 aromatic heterocycles. The summed E-state index contributed by atoms with van der Waals surface area (Å²) in [6.45, 7) is 6.02. The van der Waals surface area contributed by atoms with E-state index in [9.17, 15) is 4.79 Å². The van der Waals surface area contributed by atoms with E-state index in [4.69, 9.17) is 10.4 Å². The predicted octanol–water partition coefficient (Wildman–Crippen LogP) is 3.69. The average Bonchev–Trinajstić information content (AvgIpc) is 3.45. The minimum atomic E-state index is -0.487. The van der Waals surface area contributed by atoms with Crippen LogP contribution in [0.15, 0.2) is 63.2 Å². The third-order valence-electron chi connectivity index (χ3n) is 5.08. The number of nitrogens with one attached hydrogen (secondary N) is 1. The SMILES string of the molecule is CC/C(=N\NC(=O)c1nnn(-c2nonc2N)c1CSc1ccc(C)cc1)c1ccc(C)cc1. The Morgan fingerprint density at radius 2 is 1.76 bits per heavy atom. The van der Waals surface area contributed by atoms with Crippen LogP contribution in [0.1, 0.15) is 46.2 Å². The summed E-state index contributed by atoms with van der Waals surface area (Å²) in [6, 6.07) is 16.0. The van der Waals surface area contributed by atoms with Gasteiger partial charge in [0.25, 0.3) is 5.91 Å². The third kappa shape index (κ3) is 5.15. The molecule has 0 atom stereocenters. The number of carbonyl (C=O) groups excluding carboxylic acids is 1. The van der Waals surface area contributed by atoms with Gasteiger partial charge >= 0.3 is 0 Å². The lowest BCUT2D eigenvalue weighted by Crippen LogP contribution is -2.22. The molecule has 11 heteroatoms. The quantitative estimate of drug-likeness (QED) is 0.223. The van der Waals surface area contributed by atoms with Gasteiger partial charge < -0.3 is 5.73 Å². The number of hydrogen-bond donors (Lipinski definition) is 2. The van der Waals surface area contributed by atoms with Gasteiger partial charge in [0.05, 0.1) is 11.4 Å². The molecule has 0 aliphatic heterocycles. The number of aromatic nitrogens is 5. The molecular formula is C23H24N8O2S. The van der Waals surface area contributed by atoms with Gasteiger partial charge in [-0.05, 0) is 48.3 Å². The Kier molecular flexibility index (Phi) is 7.02. The first-order chi connectivity index (χ1) is 16.5. The van der Waals surface area contributed by atoms with Crippen LogP contribution in [-0.4, -0.2) is 36.9 Å². The predicted molar refractivity (Wildman–Crippen MR) is 130 cm³/mol. The highest BCUT2D eigenvalue weighted by molar-refractivity contribution is 7.98. The minimum Gasteiger partial charge on any atom is -0.378 e. The maximum absolute atomic E-state index is 13.1. The van der Waals surface area contributed by atoms with E-state index in [0.717, 1.165) is 27.3 Å². The largest absolute Gasteiger partial charge is 0.378 e.